The molecule has 1 N–H and O–H groups in total. The number of methoxy groups -OCH3 is 1. The Balaban J connectivity index is 1.72. The number of aliphatic carboxylic acids is 1. The maximum Gasteiger partial charge on any atom is 0.341 e. The number of amides is 1. The molecular formula is C27H23IN2O5S. The number of hydrogen-bond acceptors (Lipinski definition) is 6. The van der Waals surface area contributed by atoms with Crippen molar-refractivity contribution in [3.63, 3.8) is 0 Å². The van der Waals surface area contributed by atoms with Crippen LogP contribution in [0.2, 0.25) is 0 Å². The molecule has 184 valence electrons. The van der Waals surface area contributed by atoms with Crippen LogP contribution in [0.3, 0.4) is 0 Å². The molecule has 0 bridgehead atoms. The Bertz CT molecular complexity index is 1330. The first-order valence-corrected chi connectivity index (χ1v) is 12.9. The molecule has 7 nitrogen and oxygen atoms in total. The summed E-state index contributed by atoms with van der Waals surface area (Å²) in [5.41, 5.74) is 2.49. The predicted molar refractivity (Wildman–Crippen MR) is 150 cm³/mol. The average molecular weight is 614 g/mol. The lowest BCUT2D eigenvalue weighted by Gasteiger charge is -2.24. The second kappa shape index (κ2) is 11.6. The number of nitrogens with zero attached hydrogens (tertiary/aromatic N) is 2. The summed E-state index contributed by atoms with van der Waals surface area (Å²) in [5.74, 6) is -0.493. The maximum atomic E-state index is 13.6. The standard InChI is InChI=1S/C27H23IN2O5S/c1-17(19-9-5-3-6-10-19)30-26(33)23(36-27(30)29-20-11-7-4-8-12-20)15-18-13-21(28)25(22(14-18)34-2)35-16-24(31)32/h3-15,17H,16H2,1-2H3,(H,31,32)/b23-15+,29-27?/t17-/m0/s1. The molecule has 1 amide bonds. The van der Waals surface area contributed by atoms with Gasteiger partial charge in [0.2, 0.25) is 0 Å². The van der Waals surface area contributed by atoms with E-state index in [1.165, 1.54) is 18.9 Å². The highest BCUT2D eigenvalue weighted by atomic mass is 127. The lowest BCUT2D eigenvalue weighted by Crippen LogP contribution is -2.32. The molecule has 1 aliphatic heterocycles. The summed E-state index contributed by atoms with van der Waals surface area (Å²) >= 11 is 3.37. The van der Waals surface area contributed by atoms with E-state index in [1.54, 1.807) is 17.0 Å². The van der Waals surface area contributed by atoms with Crippen molar-refractivity contribution in [3.8, 4) is 11.5 Å². The Morgan fingerprint density at radius 3 is 2.44 bits per heavy atom. The first kappa shape index (κ1) is 25.8. The highest BCUT2D eigenvalue weighted by molar-refractivity contribution is 14.1. The van der Waals surface area contributed by atoms with Crippen molar-refractivity contribution in [2.45, 2.75) is 13.0 Å². The molecule has 3 aromatic rings. The van der Waals surface area contributed by atoms with Gasteiger partial charge in [-0.15, -0.1) is 0 Å². The average Bonchev–Trinajstić information content (AvgIpc) is 3.17. The Morgan fingerprint density at radius 2 is 1.81 bits per heavy atom. The first-order chi connectivity index (χ1) is 17.4. The molecule has 0 aromatic heterocycles. The fraction of sp³-hybridized carbons (Fsp3) is 0.148. The summed E-state index contributed by atoms with van der Waals surface area (Å²) in [7, 11) is 1.49. The molecular weight excluding hydrogens is 591 g/mol. The van der Waals surface area contributed by atoms with Crippen LogP contribution in [-0.4, -0.2) is 40.8 Å². The molecule has 36 heavy (non-hydrogen) atoms. The molecule has 0 aliphatic carbocycles. The van der Waals surface area contributed by atoms with Crippen LogP contribution in [0.4, 0.5) is 5.69 Å². The number of halogens is 1. The number of amidine groups is 1. The smallest absolute Gasteiger partial charge is 0.341 e. The number of hydrogen-bond donors (Lipinski definition) is 1. The van der Waals surface area contributed by atoms with Gasteiger partial charge in [-0.3, -0.25) is 9.69 Å². The van der Waals surface area contributed by atoms with Gasteiger partial charge < -0.3 is 14.6 Å². The van der Waals surface area contributed by atoms with Crippen LogP contribution in [0.15, 0.2) is 82.7 Å². The van der Waals surface area contributed by atoms with E-state index in [1.807, 2.05) is 73.7 Å². The number of rotatable bonds is 8. The minimum Gasteiger partial charge on any atom is -0.493 e. The minimum atomic E-state index is -1.08. The molecule has 1 saturated heterocycles. The number of carboxylic acid groups (broad SMARTS) is 1. The second-order valence-corrected chi connectivity index (χ2v) is 9.99. The maximum absolute atomic E-state index is 13.6. The van der Waals surface area contributed by atoms with Crippen LogP contribution in [0.25, 0.3) is 6.08 Å². The summed E-state index contributed by atoms with van der Waals surface area (Å²) in [6.07, 6.45) is 1.79. The third-order valence-corrected chi connectivity index (χ3v) is 7.16. The molecule has 3 aromatic carbocycles. The van der Waals surface area contributed by atoms with Crippen molar-refractivity contribution in [2.24, 2.45) is 4.99 Å². The van der Waals surface area contributed by atoms with Gasteiger partial charge in [-0.1, -0.05) is 48.5 Å². The first-order valence-electron chi connectivity index (χ1n) is 11.0. The highest BCUT2D eigenvalue weighted by Gasteiger charge is 2.37. The monoisotopic (exact) mass is 614 g/mol. The molecule has 4 rings (SSSR count). The van der Waals surface area contributed by atoms with Gasteiger partial charge in [0.15, 0.2) is 23.3 Å². The van der Waals surface area contributed by atoms with E-state index in [-0.39, 0.29) is 11.9 Å². The molecule has 9 heteroatoms. The zero-order valence-corrected chi connectivity index (χ0v) is 22.5. The van der Waals surface area contributed by atoms with Gasteiger partial charge in [0.05, 0.1) is 27.3 Å². The number of aliphatic imine (C=N–C) groups is 1. The topological polar surface area (TPSA) is 88.4 Å². The van der Waals surface area contributed by atoms with Gasteiger partial charge in [-0.05, 0) is 82.7 Å². The fourth-order valence-corrected chi connectivity index (χ4v) is 5.50. The number of benzene rings is 3. The van der Waals surface area contributed by atoms with Crippen molar-refractivity contribution >= 4 is 63.2 Å². The second-order valence-electron chi connectivity index (χ2n) is 7.82. The van der Waals surface area contributed by atoms with Crippen molar-refractivity contribution in [1.29, 1.82) is 0 Å². The Morgan fingerprint density at radius 1 is 1.14 bits per heavy atom. The SMILES string of the molecule is COc1cc(/C=C2/SC(=Nc3ccccc3)N([C@@H](C)c3ccccc3)C2=O)cc(I)c1OCC(=O)O. The Kier molecular flexibility index (Phi) is 8.32. The van der Waals surface area contributed by atoms with E-state index in [2.05, 4.69) is 22.6 Å². The molecule has 0 unspecified atom stereocenters. The van der Waals surface area contributed by atoms with Crippen molar-refractivity contribution in [1.82, 2.24) is 4.90 Å². The van der Waals surface area contributed by atoms with Crippen LogP contribution in [0.1, 0.15) is 24.1 Å². The quantitative estimate of drug-likeness (QED) is 0.243. The zero-order valence-electron chi connectivity index (χ0n) is 19.6. The summed E-state index contributed by atoms with van der Waals surface area (Å²) in [4.78, 5) is 31.6. The van der Waals surface area contributed by atoms with Gasteiger partial charge >= 0.3 is 5.97 Å². The van der Waals surface area contributed by atoms with E-state index in [0.29, 0.717) is 25.1 Å². The van der Waals surface area contributed by atoms with Gasteiger partial charge in [0.1, 0.15) is 0 Å². The summed E-state index contributed by atoms with van der Waals surface area (Å²) in [6, 6.07) is 22.7. The molecule has 1 heterocycles. The van der Waals surface area contributed by atoms with Crippen molar-refractivity contribution < 1.29 is 24.2 Å². The number of thioether (sulfide) groups is 1. The molecule has 0 saturated carbocycles. The van der Waals surface area contributed by atoms with Crippen LogP contribution in [0, 0.1) is 3.57 Å². The number of para-hydroxylation sites is 1. The van der Waals surface area contributed by atoms with Gasteiger partial charge in [-0.2, -0.15) is 0 Å². The molecule has 1 aliphatic rings. The van der Waals surface area contributed by atoms with Crippen LogP contribution in [-0.2, 0) is 9.59 Å². The van der Waals surface area contributed by atoms with E-state index in [4.69, 9.17) is 19.6 Å². The lowest BCUT2D eigenvalue weighted by molar-refractivity contribution is -0.139. The van der Waals surface area contributed by atoms with Crippen LogP contribution in [0.5, 0.6) is 11.5 Å². The fourth-order valence-electron chi connectivity index (χ4n) is 3.65. The number of carbonyl (C=O) groups excluding carboxylic acids is 1. The van der Waals surface area contributed by atoms with Gasteiger partial charge in [-0.25, -0.2) is 9.79 Å². The highest BCUT2D eigenvalue weighted by Crippen LogP contribution is 2.40. The van der Waals surface area contributed by atoms with Crippen LogP contribution >= 0.6 is 34.4 Å². The normalized spacial score (nSPS) is 16.4. The summed E-state index contributed by atoms with van der Waals surface area (Å²) < 4.78 is 11.5. The Hall–Kier alpha value is -3.31. The molecule has 0 spiro atoms. The summed E-state index contributed by atoms with van der Waals surface area (Å²) in [6.45, 7) is 1.50. The molecule has 1 fully saturated rings. The van der Waals surface area contributed by atoms with E-state index < -0.39 is 12.6 Å². The van der Waals surface area contributed by atoms with Crippen molar-refractivity contribution in [2.75, 3.05) is 13.7 Å². The van der Waals surface area contributed by atoms with E-state index in [0.717, 1.165) is 16.8 Å². The van der Waals surface area contributed by atoms with E-state index >= 15 is 0 Å². The molecule has 0 radical (unpaired) electrons. The lowest BCUT2D eigenvalue weighted by atomic mass is 10.1. The third kappa shape index (κ3) is 5.90. The molecule has 1 atom stereocenters. The number of carboxylic acids is 1. The predicted octanol–water partition coefficient (Wildman–Crippen LogP) is 6.13. The zero-order chi connectivity index (χ0) is 25.7. The number of carbonyl (C=O) groups is 2. The summed E-state index contributed by atoms with van der Waals surface area (Å²) in [5, 5.41) is 9.55. The van der Waals surface area contributed by atoms with Gasteiger partial charge in [0.25, 0.3) is 5.91 Å². The Labute approximate surface area is 227 Å². The minimum absolute atomic E-state index is 0.147. The van der Waals surface area contributed by atoms with Crippen molar-refractivity contribution in [3.05, 3.63) is 92.4 Å². The third-order valence-electron chi connectivity index (χ3n) is 5.38. The number of ether oxygens (including phenoxy) is 2. The van der Waals surface area contributed by atoms with Gasteiger partial charge in [0, 0.05) is 0 Å². The van der Waals surface area contributed by atoms with Crippen LogP contribution < -0.4 is 9.47 Å². The largest absolute Gasteiger partial charge is 0.493 e. The van der Waals surface area contributed by atoms with E-state index in [9.17, 15) is 9.59 Å².